The molecule has 0 saturated carbocycles. The van der Waals surface area contributed by atoms with Crippen molar-refractivity contribution < 1.29 is 13.2 Å². The van der Waals surface area contributed by atoms with Gasteiger partial charge < -0.3 is 4.90 Å². The zero-order valence-corrected chi connectivity index (χ0v) is 16.8. The van der Waals surface area contributed by atoms with E-state index in [2.05, 4.69) is 4.72 Å². The smallest absolute Gasteiger partial charge is 0.245 e. The molecule has 0 aliphatic carbocycles. The van der Waals surface area contributed by atoms with E-state index in [-0.39, 0.29) is 16.7 Å². The van der Waals surface area contributed by atoms with Crippen molar-refractivity contribution in [2.45, 2.75) is 44.6 Å². The van der Waals surface area contributed by atoms with Crippen LogP contribution < -0.4 is 9.62 Å². The van der Waals surface area contributed by atoms with Crippen molar-refractivity contribution in [2.75, 3.05) is 11.4 Å². The van der Waals surface area contributed by atoms with Crippen LogP contribution in [0.2, 0.25) is 0 Å². The van der Waals surface area contributed by atoms with Crippen LogP contribution in [0.25, 0.3) is 0 Å². The number of nitrogens with zero attached hydrogens (tertiary/aromatic N) is 1. The number of carbonyl (C=O) groups is 1. The first kappa shape index (κ1) is 19.6. The van der Waals surface area contributed by atoms with Crippen molar-refractivity contribution in [2.24, 2.45) is 5.92 Å². The fourth-order valence-corrected chi connectivity index (χ4v) is 4.68. The van der Waals surface area contributed by atoms with Crippen molar-refractivity contribution in [3.63, 3.8) is 0 Å². The number of para-hydroxylation sites is 1. The van der Waals surface area contributed by atoms with Gasteiger partial charge in [-0.15, -0.1) is 0 Å². The molecule has 27 heavy (non-hydrogen) atoms. The Morgan fingerprint density at radius 3 is 2.41 bits per heavy atom. The second kappa shape index (κ2) is 7.82. The number of carbonyl (C=O) groups excluding carboxylic acids is 1. The largest absolute Gasteiger partial charge is 0.310 e. The molecule has 0 unspecified atom stereocenters. The van der Waals surface area contributed by atoms with Crippen molar-refractivity contribution >= 4 is 21.6 Å². The monoisotopic (exact) mass is 386 g/mol. The maximum absolute atomic E-state index is 13.2. The third-order valence-electron chi connectivity index (χ3n) is 5.01. The summed E-state index contributed by atoms with van der Waals surface area (Å²) >= 11 is 0. The molecular formula is C21H26N2O3S. The Kier molecular flexibility index (Phi) is 5.67. The zero-order chi connectivity index (χ0) is 19.6. The minimum Gasteiger partial charge on any atom is -0.310 e. The lowest BCUT2D eigenvalue weighted by atomic mass is 10.0. The van der Waals surface area contributed by atoms with E-state index >= 15 is 0 Å². The topological polar surface area (TPSA) is 66.5 Å². The van der Waals surface area contributed by atoms with Gasteiger partial charge in [-0.05, 0) is 48.1 Å². The van der Waals surface area contributed by atoms with Gasteiger partial charge in [-0.1, -0.05) is 51.1 Å². The van der Waals surface area contributed by atoms with Crippen LogP contribution in [0.5, 0.6) is 0 Å². The van der Waals surface area contributed by atoms with Gasteiger partial charge in [0.25, 0.3) is 0 Å². The molecule has 3 rings (SSSR count). The number of fused-ring (bicyclic) bond motifs is 1. The molecule has 144 valence electrons. The molecule has 2 aromatic carbocycles. The van der Waals surface area contributed by atoms with Crippen LogP contribution in [0.3, 0.4) is 0 Å². The second-order valence-electron chi connectivity index (χ2n) is 7.21. The highest BCUT2D eigenvalue weighted by Gasteiger charge is 2.34. The van der Waals surface area contributed by atoms with Gasteiger partial charge in [-0.2, -0.15) is 4.72 Å². The molecule has 5 nitrogen and oxygen atoms in total. The summed E-state index contributed by atoms with van der Waals surface area (Å²) in [5.41, 5.74) is 3.06. The van der Waals surface area contributed by atoms with Crippen LogP contribution in [-0.2, 0) is 27.7 Å². The SMILES string of the molecule is CCc1ccc(S(=O)(=O)N[C@@H](C(=O)N2CCc3ccccc32)C(C)C)cc1. The lowest BCUT2D eigenvalue weighted by molar-refractivity contribution is -0.121. The average Bonchev–Trinajstić information content (AvgIpc) is 3.09. The highest BCUT2D eigenvalue weighted by molar-refractivity contribution is 7.89. The third-order valence-corrected chi connectivity index (χ3v) is 6.47. The highest BCUT2D eigenvalue weighted by Crippen LogP contribution is 2.29. The maximum atomic E-state index is 13.2. The molecule has 1 atom stereocenters. The van der Waals surface area contributed by atoms with Crippen LogP contribution in [-0.4, -0.2) is 26.9 Å². The molecule has 1 amide bonds. The van der Waals surface area contributed by atoms with Crippen LogP contribution in [0.1, 0.15) is 31.9 Å². The van der Waals surface area contributed by atoms with Gasteiger partial charge in [-0.3, -0.25) is 4.79 Å². The standard InChI is InChI=1S/C21H26N2O3S/c1-4-16-9-11-18(12-10-16)27(25,26)22-20(15(2)3)21(24)23-14-13-17-7-5-6-8-19(17)23/h5-12,15,20,22H,4,13-14H2,1-3H3/t20-/m1/s1. The number of aryl methyl sites for hydroxylation is 1. The van der Waals surface area contributed by atoms with Crippen LogP contribution in [0, 0.1) is 5.92 Å². The number of sulfonamides is 1. The summed E-state index contributed by atoms with van der Waals surface area (Å²) in [6, 6.07) is 13.7. The Labute approximate surface area is 161 Å². The van der Waals surface area contributed by atoms with Gasteiger partial charge in [0.05, 0.1) is 4.90 Å². The molecule has 1 aliphatic rings. The first-order valence-electron chi connectivity index (χ1n) is 9.34. The summed E-state index contributed by atoms with van der Waals surface area (Å²) in [6.07, 6.45) is 1.63. The minimum absolute atomic E-state index is 0.171. The van der Waals surface area contributed by atoms with Crippen molar-refractivity contribution in [3.8, 4) is 0 Å². The lowest BCUT2D eigenvalue weighted by Crippen LogP contribution is -2.51. The summed E-state index contributed by atoms with van der Waals surface area (Å²) in [6.45, 7) is 6.30. The summed E-state index contributed by atoms with van der Waals surface area (Å²) in [4.78, 5) is 15.0. The van der Waals surface area contributed by atoms with E-state index in [1.54, 1.807) is 29.2 Å². The van der Waals surface area contributed by atoms with Crippen LogP contribution in [0.4, 0.5) is 5.69 Å². The van der Waals surface area contributed by atoms with E-state index in [0.29, 0.717) is 6.54 Å². The van der Waals surface area contributed by atoms with E-state index in [1.165, 1.54) is 0 Å². The quantitative estimate of drug-likeness (QED) is 0.829. The predicted octanol–water partition coefficient (Wildman–Crippen LogP) is 3.14. The maximum Gasteiger partial charge on any atom is 0.245 e. The molecule has 1 aliphatic heterocycles. The highest BCUT2D eigenvalue weighted by atomic mass is 32.2. The van der Waals surface area contributed by atoms with E-state index in [4.69, 9.17) is 0 Å². The van der Waals surface area contributed by atoms with Crippen molar-refractivity contribution in [3.05, 3.63) is 59.7 Å². The molecule has 1 N–H and O–H groups in total. The number of benzene rings is 2. The molecule has 0 aromatic heterocycles. The van der Waals surface area contributed by atoms with Crippen LogP contribution >= 0.6 is 0 Å². The molecule has 1 heterocycles. The minimum atomic E-state index is -3.78. The first-order valence-corrected chi connectivity index (χ1v) is 10.8. The molecule has 0 bridgehead atoms. The Bertz CT molecular complexity index is 921. The summed E-state index contributed by atoms with van der Waals surface area (Å²) in [5, 5.41) is 0. The first-order chi connectivity index (χ1) is 12.8. The van der Waals surface area contributed by atoms with Crippen molar-refractivity contribution in [1.82, 2.24) is 4.72 Å². The average molecular weight is 387 g/mol. The van der Waals surface area contributed by atoms with Gasteiger partial charge in [0, 0.05) is 12.2 Å². The molecular weight excluding hydrogens is 360 g/mol. The normalized spacial score (nSPS) is 15.0. The summed E-state index contributed by atoms with van der Waals surface area (Å²) < 4.78 is 28.3. The van der Waals surface area contributed by atoms with Crippen LogP contribution in [0.15, 0.2) is 53.4 Å². The van der Waals surface area contributed by atoms with E-state index in [0.717, 1.165) is 29.7 Å². The molecule has 0 radical (unpaired) electrons. The Morgan fingerprint density at radius 1 is 1.11 bits per heavy atom. The zero-order valence-electron chi connectivity index (χ0n) is 16.0. The van der Waals surface area contributed by atoms with Gasteiger partial charge >= 0.3 is 0 Å². The van der Waals surface area contributed by atoms with E-state index in [1.807, 2.05) is 45.0 Å². The summed E-state index contributed by atoms with van der Waals surface area (Å²) in [5.74, 6) is -0.376. The summed E-state index contributed by atoms with van der Waals surface area (Å²) in [7, 11) is -3.78. The number of hydrogen-bond acceptors (Lipinski definition) is 3. The predicted molar refractivity (Wildman–Crippen MR) is 107 cm³/mol. The Hall–Kier alpha value is -2.18. The van der Waals surface area contributed by atoms with Crippen molar-refractivity contribution in [1.29, 1.82) is 0 Å². The molecule has 6 heteroatoms. The van der Waals surface area contributed by atoms with Gasteiger partial charge in [-0.25, -0.2) is 8.42 Å². The lowest BCUT2D eigenvalue weighted by Gasteiger charge is -2.27. The molecule has 0 saturated heterocycles. The van der Waals surface area contributed by atoms with Gasteiger partial charge in [0.15, 0.2) is 0 Å². The number of anilines is 1. The number of hydrogen-bond donors (Lipinski definition) is 1. The van der Waals surface area contributed by atoms with Gasteiger partial charge in [0.1, 0.15) is 6.04 Å². The molecule has 0 fully saturated rings. The van der Waals surface area contributed by atoms with E-state index in [9.17, 15) is 13.2 Å². The number of nitrogens with one attached hydrogen (secondary N) is 1. The second-order valence-corrected chi connectivity index (χ2v) is 8.92. The molecule has 2 aromatic rings. The fraction of sp³-hybridized carbons (Fsp3) is 0.381. The Morgan fingerprint density at radius 2 is 1.78 bits per heavy atom. The number of amides is 1. The van der Waals surface area contributed by atoms with E-state index < -0.39 is 16.1 Å². The van der Waals surface area contributed by atoms with Gasteiger partial charge in [0.2, 0.25) is 15.9 Å². The third kappa shape index (κ3) is 4.06. The fourth-order valence-electron chi connectivity index (χ4n) is 3.35. The Balaban J connectivity index is 1.84. The number of rotatable bonds is 6. The molecule has 0 spiro atoms.